The molecule has 2 aromatic rings. The lowest BCUT2D eigenvalue weighted by molar-refractivity contribution is 0.0949. The molecule has 4 heteroatoms. The van der Waals surface area contributed by atoms with E-state index >= 15 is 0 Å². The molecule has 1 amide bonds. The van der Waals surface area contributed by atoms with Gasteiger partial charge in [-0.15, -0.1) is 0 Å². The van der Waals surface area contributed by atoms with Crippen LogP contribution >= 0.6 is 11.6 Å². The second kappa shape index (κ2) is 5.49. The normalized spacial score (nSPS) is 15.5. The molecule has 0 aromatic heterocycles. The number of hydrogen-bond donors (Lipinski definition) is 1. The van der Waals surface area contributed by atoms with Crippen LogP contribution in [0.1, 0.15) is 28.8 Å². The van der Waals surface area contributed by atoms with E-state index in [4.69, 9.17) is 11.6 Å². The van der Waals surface area contributed by atoms with E-state index in [0.717, 1.165) is 12.8 Å². The van der Waals surface area contributed by atoms with Crippen LogP contribution in [0.5, 0.6) is 0 Å². The van der Waals surface area contributed by atoms with Gasteiger partial charge in [0.1, 0.15) is 5.82 Å². The molecule has 0 atom stereocenters. The number of amides is 1. The van der Waals surface area contributed by atoms with Crippen molar-refractivity contribution in [3.8, 4) is 0 Å². The van der Waals surface area contributed by atoms with Crippen LogP contribution < -0.4 is 5.32 Å². The standard InChI is InChI=1S/C17H15ClFNO/c18-14-5-3-13(4-6-14)17(9-10-17)11-20-16(21)12-1-7-15(19)8-2-12/h1-8H,9-11H2,(H,20,21). The summed E-state index contributed by atoms with van der Waals surface area (Å²) in [5, 5.41) is 3.65. The molecule has 3 rings (SSSR count). The molecular weight excluding hydrogens is 289 g/mol. The average molecular weight is 304 g/mol. The molecule has 2 nitrogen and oxygen atoms in total. The van der Waals surface area contributed by atoms with Crippen LogP contribution in [-0.4, -0.2) is 12.5 Å². The van der Waals surface area contributed by atoms with E-state index in [0.29, 0.717) is 17.1 Å². The Morgan fingerprint density at radius 2 is 1.71 bits per heavy atom. The van der Waals surface area contributed by atoms with Gasteiger partial charge in [-0.2, -0.15) is 0 Å². The average Bonchev–Trinajstić information content (AvgIpc) is 3.27. The maximum Gasteiger partial charge on any atom is 0.251 e. The summed E-state index contributed by atoms with van der Waals surface area (Å²) in [5.41, 5.74) is 1.70. The summed E-state index contributed by atoms with van der Waals surface area (Å²) in [6, 6.07) is 13.3. The van der Waals surface area contributed by atoms with Gasteiger partial charge in [0, 0.05) is 22.5 Å². The first kappa shape index (κ1) is 14.1. The highest BCUT2D eigenvalue weighted by Crippen LogP contribution is 2.47. The number of nitrogens with one attached hydrogen (secondary N) is 1. The van der Waals surface area contributed by atoms with Crippen LogP contribution in [0.15, 0.2) is 48.5 Å². The van der Waals surface area contributed by atoms with Gasteiger partial charge in [0.15, 0.2) is 0 Å². The molecule has 0 saturated heterocycles. The second-order valence-corrected chi connectivity index (χ2v) is 5.91. The van der Waals surface area contributed by atoms with Crippen LogP contribution in [0.25, 0.3) is 0 Å². The summed E-state index contributed by atoms with van der Waals surface area (Å²) in [6.45, 7) is 0.588. The van der Waals surface area contributed by atoms with E-state index in [1.807, 2.05) is 24.3 Å². The van der Waals surface area contributed by atoms with Crippen molar-refractivity contribution in [2.75, 3.05) is 6.54 Å². The highest BCUT2D eigenvalue weighted by atomic mass is 35.5. The van der Waals surface area contributed by atoms with E-state index in [1.165, 1.54) is 29.8 Å². The van der Waals surface area contributed by atoms with Gasteiger partial charge in [0.25, 0.3) is 5.91 Å². The third kappa shape index (κ3) is 3.08. The SMILES string of the molecule is O=C(NCC1(c2ccc(Cl)cc2)CC1)c1ccc(F)cc1. The van der Waals surface area contributed by atoms with Crippen molar-refractivity contribution in [1.82, 2.24) is 5.32 Å². The maximum atomic E-state index is 12.8. The first-order valence-electron chi connectivity index (χ1n) is 6.89. The minimum absolute atomic E-state index is 0.0281. The highest BCUT2D eigenvalue weighted by molar-refractivity contribution is 6.30. The zero-order chi connectivity index (χ0) is 14.9. The Morgan fingerprint density at radius 3 is 2.29 bits per heavy atom. The molecule has 2 aromatic carbocycles. The first-order valence-corrected chi connectivity index (χ1v) is 7.27. The Balaban J connectivity index is 1.66. The zero-order valence-corrected chi connectivity index (χ0v) is 12.2. The van der Waals surface area contributed by atoms with Crippen LogP contribution in [-0.2, 0) is 5.41 Å². The Morgan fingerprint density at radius 1 is 1.10 bits per heavy atom. The molecule has 0 spiro atoms. The van der Waals surface area contributed by atoms with Crippen LogP contribution in [0.3, 0.4) is 0 Å². The molecule has 0 bridgehead atoms. The molecule has 1 aliphatic carbocycles. The first-order chi connectivity index (χ1) is 10.1. The van der Waals surface area contributed by atoms with Gasteiger partial charge >= 0.3 is 0 Å². The third-order valence-corrected chi connectivity index (χ3v) is 4.26. The molecule has 0 radical (unpaired) electrons. The smallest absolute Gasteiger partial charge is 0.251 e. The van der Waals surface area contributed by atoms with Gasteiger partial charge in [-0.1, -0.05) is 23.7 Å². The molecule has 1 fully saturated rings. The Hall–Kier alpha value is -1.87. The zero-order valence-electron chi connectivity index (χ0n) is 11.4. The Labute approximate surface area is 127 Å². The van der Waals surface area contributed by atoms with Crippen molar-refractivity contribution in [2.45, 2.75) is 18.3 Å². The van der Waals surface area contributed by atoms with Crippen molar-refractivity contribution in [3.05, 3.63) is 70.5 Å². The maximum absolute atomic E-state index is 12.8. The number of hydrogen-bond acceptors (Lipinski definition) is 1. The summed E-state index contributed by atoms with van der Waals surface area (Å²) in [4.78, 5) is 12.1. The summed E-state index contributed by atoms with van der Waals surface area (Å²) < 4.78 is 12.8. The summed E-state index contributed by atoms with van der Waals surface area (Å²) >= 11 is 5.90. The number of rotatable bonds is 4. The van der Waals surface area contributed by atoms with Gasteiger partial charge in [-0.05, 0) is 54.8 Å². The summed E-state index contributed by atoms with van der Waals surface area (Å²) in [6.07, 6.45) is 2.11. The fraction of sp³-hybridized carbons (Fsp3) is 0.235. The lowest BCUT2D eigenvalue weighted by Crippen LogP contribution is -2.32. The third-order valence-electron chi connectivity index (χ3n) is 4.00. The minimum Gasteiger partial charge on any atom is -0.351 e. The van der Waals surface area contributed by atoms with Gasteiger partial charge in [-0.25, -0.2) is 4.39 Å². The highest BCUT2D eigenvalue weighted by Gasteiger charge is 2.44. The predicted octanol–water partition coefficient (Wildman–Crippen LogP) is 3.94. The predicted molar refractivity (Wildman–Crippen MR) is 81.1 cm³/mol. The van der Waals surface area contributed by atoms with Crippen LogP contribution in [0.2, 0.25) is 5.02 Å². The van der Waals surface area contributed by atoms with E-state index in [9.17, 15) is 9.18 Å². The monoisotopic (exact) mass is 303 g/mol. The molecule has 1 aliphatic rings. The fourth-order valence-electron chi connectivity index (χ4n) is 2.47. The van der Waals surface area contributed by atoms with Crippen LogP contribution in [0, 0.1) is 5.82 Å². The number of carbonyl (C=O) groups excluding carboxylic acids is 1. The minimum atomic E-state index is -0.341. The Bertz CT molecular complexity index is 647. The largest absolute Gasteiger partial charge is 0.351 e. The van der Waals surface area contributed by atoms with Gasteiger partial charge < -0.3 is 5.32 Å². The second-order valence-electron chi connectivity index (χ2n) is 5.48. The Kier molecular flexibility index (Phi) is 3.68. The molecule has 1 N–H and O–H groups in total. The number of benzene rings is 2. The van der Waals surface area contributed by atoms with Gasteiger partial charge in [-0.3, -0.25) is 4.79 Å². The van der Waals surface area contributed by atoms with Gasteiger partial charge in [0.2, 0.25) is 0 Å². The lowest BCUT2D eigenvalue weighted by atomic mass is 9.96. The van der Waals surface area contributed by atoms with E-state index < -0.39 is 0 Å². The number of carbonyl (C=O) groups is 1. The molecule has 108 valence electrons. The molecular formula is C17H15ClFNO. The van der Waals surface area contributed by atoms with Crippen molar-refractivity contribution >= 4 is 17.5 Å². The van der Waals surface area contributed by atoms with Crippen molar-refractivity contribution < 1.29 is 9.18 Å². The van der Waals surface area contributed by atoms with Gasteiger partial charge in [0.05, 0.1) is 0 Å². The van der Waals surface area contributed by atoms with E-state index in [2.05, 4.69) is 5.32 Å². The molecule has 0 aliphatic heterocycles. The fourth-order valence-corrected chi connectivity index (χ4v) is 2.60. The number of halogens is 2. The van der Waals surface area contributed by atoms with E-state index in [1.54, 1.807) is 0 Å². The summed E-state index contributed by atoms with van der Waals surface area (Å²) in [5.74, 6) is -0.512. The van der Waals surface area contributed by atoms with Crippen molar-refractivity contribution in [2.24, 2.45) is 0 Å². The molecule has 21 heavy (non-hydrogen) atoms. The van der Waals surface area contributed by atoms with E-state index in [-0.39, 0.29) is 17.1 Å². The summed E-state index contributed by atoms with van der Waals surface area (Å²) in [7, 11) is 0. The van der Waals surface area contributed by atoms with Crippen LogP contribution in [0.4, 0.5) is 4.39 Å². The molecule has 1 saturated carbocycles. The lowest BCUT2D eigenvalue weighted by Gasteiger charge is -2.16. The molecule has 0 heterocycles. The topological polar surface area (TPSA) is 29.1 Å². The quantitative estimate of drug-likeness (QED) is 0.910. The molecule has 0 unspecified atom stereocenters. The van der Waals surface area contributed by atoms with Crippen molar-refractivity contribution in [3.63, 3.8) is 0 Å². The van der Waals surface area contributed by atoms with Crippen molar-refractivity contribution in [1.29, 1.82) is 0 Å².